The third kappa shape index (κ3) is 16.6. The van der Waals surface area contributed by atoms with E-state index in [1.54, 1.807) is 55.5 Å². The van der Waals surface area contributed by atoms with E-state index in [2.05, 4.69) is 62.9 Å². The Morgan fingerprint density at radius 2 is 1.31 bits per heavy atom. The molecule has 3 aromatic rings. The van der Waals surface area contributed by atoms with E-state index in [0.717, 1.165) is 41.5 Å². The molecule has 6 N–H and O–H groups in total. The van der Waals surface area contributed by atoms with E-state index in [9.17, 15) is 44.1 Å². The van der Waals surface area contributed by atoms with Crippen molar-refractivity contribution in [3.8, 4) is 0 Å². The molecule has 3 aromatic carbocycles. The van der Waals surface area contributed by atoms with Gasteiger partial charge in [-0.25, -0.2) is 19.2 Å². The number of benzene rings is 3. The van der Waals surface area contributed by atoms with Crippen molar-refractivity contribution in [1.82, 2.24) is 16.0 Å². The first-order valence-corrected chi connectivity index (χ1v) is 33.4. The molecule has 17 atom stereocenters. The number of hydrogen-bond acceptors (Lipinski definition) is 18. The van der Waals surface area contributed by atoms with Crippen molar-refractivity contribution in [2.75, 3.05) is 26.4 Å². The average Bonchev–Trinajstić information content (AvgIpc) is 1.48. The number of ether oxygens (including phenoxy) is 9. The third-order valence-electron chi connectivity index (χ3n) is 20.9. The molecule has 0 spiro atoms. The lowest BCUT2D eigenvalue weighted by Crippen LogP contribution is -2.62. The summed E-state index contributed by atoms with van der Waals surface area (Å²) in [5.41, 5.74) is 3.14. The second kappa shape index (κ2) is 31.7. The predicted octanol–water partition coefficient (Wildman–Crippen LogP) is 9.97. The van der Waals surface area contributed by atoms with Gasteiger partial charge in [-0.05, 0) is 122 Å². The maximum absolute atomic E-state index is 14.5. The Labute approximate surface area is 552 Å². The topological polar surface area (TPSA) is 282 Å². The predicted molar refractivity (Wildman–Crippen MR) is 346 cm³/mol. The van der Waals surface area contributed by atoms with Crippen molar-refractivity contribution in [2.45, 2.75) is 200 Å². The highest BCUT2D eigenvalue weighted by Crippen LogP contribution is 2.69. The fourth-order valence-electron chi connectivity index (χ4n) is 15.4. The normalized spacial score (nSPS) is 31.4. The molecule has 0 bridgehead atoms. The number of alkyl carbamates (subject to hydrolysis) is 3. The monoisotopic (exact) mass is 1300 g/mol. The van der Waals surface area contributed by atoms with Crippen LogP contribution in [-0.2, 0) is 78.3 Å². The second-order valence-corrected chi connectivity index (χ2v) is 27.4. The highest BCUT2D eigenvalue weighted by Gasteiger charge is 2.70. The number of Topliss-reactive ketones (excluding diaryl/α,β-unsaturated/α-hetero) is 1. The van der Waals surface area contributed by atoms with Crippen LogP contribution in [0.3, 0.4) is 0 Å². The van der Waals surface area contributed by atoms with Gasteiger partial charge in [0.25, 0.3) is 0 Å². The SMILES string of the molecule is C=CCOC(=O)CCc1ccc(CNC(=O)O[C@H]2CC[C@@]3(C)C(=CC[C@@H]4C3CC[C@@]3(C)[C@H]4C[C@H](OC4OCC(O)C(OC5OCC(OC(=O)NCc6ccc(CNC(=O)OCC=C)cc6)C(O)C5OC(=O)c5ccc(C)cc5)C4C)[C@]3(O)[C@H](C)C(=O)CCC(C)C)C2)cc1. The van der Waals surface area contributed by atoms with Crippen LogP contribution in [0.25, 0.3) is 0 Å². The molecule has 0 radical (unpaired) electrons. The molecule has 4 aliphatic carbocycles. The summed E-state index contributed by atoms with van der Waals surface area (Å²) in [5, 5.41) is 45.8. The summed E-state index contributed by atoms with van der Waals surface area (Å²) in [7, 11) is 0. The molecule has 2 aliphatic heterocycles. The van der Waals surface area contributed by atoms with Gasteiger partial charge < -0.3 is 73.9 Å². The van der Waals surface area contributed by atoms with Crippen LogP contribution in [0.15, 0.2) is 110 Å². The van der Waals surface area contributed by atoms with Gasteiger partial charge in [0.15, 0.2) is 24.8 Å². The number of nitrogens with one attached hydrogen (secondary N) is 3. The van der Waals surface area contributed by atoms with Crippen LogP contribution in [0.2, 0.25) is 0 Å². The second-order valence-electron chi connectivity index (χ2n) is 27.4. The number of carbonyl (C=O) groups is 6. The number of aliphatic hydroxyl groups excluding tert-OH is 2. The summed E-state index contributed by atoms with van der Waals surface area (Å²) in [6.07, 6.45) is -0.898. The molecule has 3 amide bonds. The highest BCUT2D eigenvalue weighted by atomic mass is 16.7. The Bertz CT molecular complexity index is 3160. The first kappa shape index (κ1) is 71.3. The lowest BCUT2D eigenvalue weighted by atomic mass is 9.46. The molecule has 5 fully saturated rings. The zero-order valence-electron chi connectivity index (χ0n) is 55.4. The van der Waals surface area contributed by atoms with Gasteiger partial charge in [0.2, 0.25) is 0 Å². The number of amides is 3. The lowest BCUT2D eigenvalue weighted by Gasteiger charge is -2.59. The molecule has 512 valence electrons. The first-order valence-electron chi connectivity index (χ1n) is 33.4. The minimum absolute atomic E-state index is 0.0444. The van der Waals surface area contributed by atoms with E-state index in [-0.39, 0.29) is 105 Å². The van der Waals surface area contributed by atoms with Crippen molar-refractivity contribution in [1.29, 1.82) is 0 Å². The highest BCUT2D eigenvalue weighted by molar-refractivity contribution is 5.89. The number of rotatable bonds is 26. The number of fused-ring (bicyclic) bond motifs is 5. The molecule has 9 unspecified atom stereocenters. The Balaban J connectivity index is 0.863. The van der Waals surface area contributed by atoms with Gasteiger partial charge in [-0.3, -0.25) is 9.59 Å². The van der Waals surface area contributed by atoms with Gasteiger partial charge >= 0.3 is 30.2 Å². The summed E-state index contributed by atoms with van der Waals surface area (Å²) in [6.45, 7) is 21.3. The van der Waals surface area contributed by atoms with Crippen LogP contribution >= 0.6 is 0 Å². The Hall–Kier alpha value is -6.98. The first-order chi connectivity index (χ1) is 44.9. The Morgan fingerprint density at radius 1 is 0.702 bits per heavy atom. The number of allylic oxidation sites excluding steroid dienone is 1. The zero-order chi connectivity index (χ0) is 67.5. The van der Waals surface area contributed by atoms with Crippen molar-refractivity contribution in [3.05, 3.63) is 143 Å². The fourth-order valence-corrected chi connectivity index (χ4v) is 15.4. The van der Waals surface area contributed by atoms with Gasteiger partial charge in [-0.1, -0.05) is 145 Å². The van der Waals surface area contributed by atoms with Gasteiger partial charge in [0.05, 0.1) is 31.0 Å². The Kier molecular flexibility index (Phi) is 24.1. The summed E-state index contributed by atoms with van der Waals surface area (Å²) in [4.78, 5) is 78.8. The minimum Gasteiger partial charge on any atom is -0.461 e. The molecule has 3 saturated carbocycles. The van der Waals surface area contributed by atoms with E-state index in [1.807, 2.05) is 38.1 Å². The molecule has 0 aromatic heterocycles. The maximum atomic E-state index is 14.5. The Morgan fingerprint density at radius 3 is 1.95 bits per heavy atom. The fraction of sp³-hybridized carbons (Fsp3) is 0.589. The number of carbonyl (C=O) groups excluding carboxylic acids is 6. The molecular formula is C73H97N3O18. The zero-order valence-corrected chi connectivity index (χ0v) is 55.4. The summed E-state index contributed by atoms with van der Waals surface area (Å²) >= 11 is 0. The lowest BCUT2D eigenvalue weighted by molar-refractivity contribution is -0.333. The molecule has 2 saturated heterocycles. The van der Waals surface area contributed by atoms with E-state index >= 15 is 0 Å². The van der Waals surface area contributed by atoms with Gasteiger partial charge in [0, 0.05) is 56.1 Å². The van der Waals surface area contributed by atoms with Crippen LogP contribution in [0, 0.1) is 53.3 Å². The van der Waals surface area contributed by atoms with E-state index in [1.165, 1.54) is 17.7 Å². The number of aliphatic hydroxyl groups is 3. The molecule has 9 rings (SSSR count). The standard InChI is InChI=1S/C73H97N3O18/c1-10-34-86-61(79)29-23-47-15-17-48(18-16-47)39-75-69(83)90-53-30-32-71(8)52(36-53)26-27-54-55(71)31-33-72(9)56(54)37-60(73(72,85)46(7)57(77)28-12-43(3)4)92-66-45(6)63(58(78)41-88-66)94-67-64(93-65(81)51-24-13-44(5)14-25-51)62(80)59(42-89-67)91-70(84)76-40-50-21-19-49(20-22-50)38-74-68(82)87-35-11-2/h10-11,13-22,24-26,43,45-46,53-56,58-60,62-64,66-67,78,80,85H,1-2,12,23,27-42H2,3-9H3,(H,74,82)(H,75,83)(H,76,84)/t45?,46-,53+,54-,55?,56+,58?,59?,60+,62?,63?,64?,66?,67?,71+,72+,73-/m1/s1. The molecule has 2 heterocycles. The number of aryl methyl sites for hydroxylation is 2. The van der Waals surface area contributed by atoms with Crippen molar-refractivity contribution in [3.63, 3.8) is 0 Å². The van der Waals surface area contributed by atoms with Crippen LogP contribution in [0.1, 0.15) is 144 Å². The van der Waals surface area contributed by atoms with Crippen molar-refractivity contribution in [2.24, 2.45) is 46.3 Å². The van der Waals surface area contributed by atoms with E-state index < -0.39 is 96.3 Å². The van der Waals surface area contributed by atoms with Crippen molar-refractivity contribution >= 4 is 36.0 Å². The number of hydrogen-bond donors (Lipinski definition) is 6. The molecule has 94 heavy (non-hydrogen) atoms. The van der Waals surface area contributed by atoms with Crippen LogP contribution in [0.5, 0.6) is 0 Å². The van der Waals surface area contributed by atoms with Gasteiger partial charge in [-0.2, -0.15) is 0 Å². The molecule has 21 heteroatoms. The smallest absolute Gasteiger partial charge is 0.407 e. The van der Waals surface area contributed by atoms with Gasteiger partial charge in [-0.15, -0.1) is 0 Å². The minimum atomic E-state index is -1.68. The van der Waals surface area contributed by atoms with Crippen LogP contribution < -0.4 is 16.0 Å². The number of ketones is 1. The maximum Gasteiger partial charge on any atom is 0.407 e. The van der Waals surface area contributed by atoms with E-state index in [4.69, 9.17) is 42.6 Å². The summed E-state index contributed by atoms with van der Waals surface area (Å²) in [6, 6.07) is 21.4. The van der Waals surface area contributed by atoms with E-state index in [0.29, 0.717) is 50.5 Å². The van der Waals surface area contributed by atoms with Crippen LogP contribution in [-0.4, -0.2) is 139 Å². The average molecular weight is 1300 g/mol. The molecule has 6 aliphatic rings. The third-order valence-corrected chi connectivity index (χ3v) is 20.9. The summed E-state index contributed by atoms with van der Waals surface area (Å²) < 4.78 is 54.0. The number of esters is 2. The quantitative estimate of drug-likeness (QED) is 0.0248. The summed E-state index contributed by atoms with van der Waals surface area (Å²) in [5.74, 6) is -2.16. The van der Waals surface area contributed by atoms with Crippen molar-refractivity contribution < 1.29 is 86.7 Å². The largest absolute Gasteiger partial charge is 0.461 e. The van der Waals surface area contributed by atoms with Crippen LogP contribution in [0.4, 0.5) is 14.4 Å². The molecule has 21 nitrogen and oxygen atoms in total. The van der Waals surface area contributed by atoms with Gasteiger partial charge in [0.1, 0.15) is 42.9 Å². The molecular weight excluding hydrogens is 1210 g/mol.